The minimum absolute atomic E-state index is 0.156. The number of fused-ring (bicyclic) bond motifs is 3. The summed E-state index contributed by atoms with van der Waals surface area (Å²) in [5.74, 6) is 0.0760. The molecule has 0 spiro atoms. The molecule has 1 saturated heterocycles. The van der Waals surface area contributed by atoms with E-state index in [1.54, 1.807) is 18.2 Å². The maximum Gasteiger partial charge on any atom is 0.255 e. The Bertz CT molecular complexity index is 1250. The SMILES string of the molecule is O=C(Nc1cccc2nn3c(C4CCNCC4)cc(=O)[nH]c3c12)c1ccccc1. The van der Waals surface area contributed by atoms with Gasteiger partial charge in [0.2, 0.25) is 0 Å². The zero-order valence-corrected chi connectivity index (χ0v) is 15.8. The number of aromatic nitrogens is 3. The van der Waals surface area contributed by atoms with Gasteiger partial charge in [0.15, 0.2) is 0 Å². The van der Waals surface area contributed by atoms with Crippen LogP contribution in [-0.4, -0.2) is 33.6 Å². The lowest BCUT2D eigenvalue weighted by atomic mass is 9.94. The van der Waals surface area contributed by atoms with Crippen LogP contribution in [-0.2, 0) is 0 Å². The minimum Gasteiger partial charge on any atom is -0.321 e. The molecule has 1 aliphatic rings. The molecule has 0 unspecified atom stereocenters. The molecule has 7 nitrogen and oxygen atoms in total. The number of carbonyl (C=O) groups excluding carboxylic acids is 1. The maximum atomic E-state index is 12.7. The van der Waals surface area contributed by atoms with Gasteiger partial charge in [0.05, 0.1) is 22.3 Å². The molecular weight excluding hydrogens is 366 g/mol. The molecule has 4 aromatic rings. The van der Waals surface area contributed by atoms with Crippen LogP contribution < -0.4 is 16.2 Å². The van der Waals surface area contributed by atoms with Gasteiger partial charge in [-0.15, -0.1) is 0 Å². The molecule has 3 heterocycles. The molecule has 29 heavy (non-hydrogen) atoms. The van der Waals surface area contributed by atoms with Crippen molar-refractivity contribution in [2.24, 2.45) is 0 Å². The first-order valence-corrected chi connectivity index (χ1v) is 9.82. The van der Waals surface area contributed by atoms with E-state index < -0.39 is 0 Å². The van der Waals surface area contributed by atoms with Crippen molar-refractivity contribution in [2.75, 3.05) is 18.4 Å². The number of anilines is 1. The van der Waals surface area contributed by atoms with Gasteiger partial charge in [-0.2, -0.15) is 5.10 Å². The zero-order chi connectivity index (χ0) is 19.8. The Hall–Kier alpha value is -3.45. The lowest BCUT2D eigenvalue weighted by Crippen LogP contribution is -2.28. The fourth-order valence-electron chi connectivity index (χ4n) is 4.08. The topological polar surface area (TPSA) is 91.3 Å². The van der Waals surface area contributed by atoms with Crippen molar-refractivity contribution in [2.45, 2.75) is 18.8 Å². The Morgan fingerprint density at radius 1 is 1.07 bits per heavy atom. The number of amides is 1. The van der Waals surface area contributed by atoms with E-state index in [0.29, 0.717) is 16.9 Å². The standard InChI is InChI=1S/C22H21N5O2/c28-19-13-18(14-9-11-23-12-10-14)27-21(25-19)20-16(7-4-8-17(20)26-27)24-22(29)15-5-2-1-3-6-15/h1-8,13-14,23H,9-12H2,(H,24,29)(H,25,28). The molecular formula is C22H21N5O2. The van der Waals surface area contributed by atoms with Crippen molar-refractivity contribution in [3.8, 4) is 0 Å². The molecule has 0 atom stereocenters. The lowest BCUT2D eigenvalue weighted by molar-refractivity contribution is 0.102. The van der Waals surface area contributed by atoms with Gasteiger partial charge in [0, 0.05) is 17.5 Å². The van der Waals surface area contributed by atoms with Crippen LogP contribution >= 0.6 is 0 Å². The van der Waals surface area contributed by atoms with Crippen molar-refractivity contribution in [3.63, 3.8) is 0 Å². The summed E-state index contributed by atoms with van der Waals surface area (Å²) in [4.78, 5) is 28.0. The summed E-state index contributed by atoms with van der Waals surface area (Å²) in [5.41, 5.74) is 3.31. The highest BCUT2D eigenvalue weighted by atomic mass is 16.1. The summed E-state index contributed by atoms with van der Waals surface area (Å²) < 4.78 is 1.83. The third kappa shape index (κ3) is 3.19. The summed E-state index contributed by atoms with van der Waals surface area (Å²) in [7, 11) is 0. The van der Waals surface area contributed by atoms with Crippen LogP contribution in [0.4, 0.5) is 5.69 Å². The Morgan fingerprint density at radius 2 is 1.86 bits per heavy atom. The Labute approximate surface area is 166 Å². The molecule has 2 aromatic carbocycles. The monoisotopic (exact) mass is 387 g/mol. The molecule has 0 radical (unpaired) electrons. The van der Waals surface area contributed by atoms with Gasteiger partial charge in [-0.25, -0.2) is 4.52 Å². The highest BCUT2D eigenvalue weighted by molar-refractivity contribution is 6.11. The fraction of sp³-hybridized carbons (Fsp3) is 0.227. The number of H-pyrrole nitrogens is 1. The quantitative estimate of drug-likeness (QED) is 0.504. The molecule has 0 aliphatic carbocycles. The summed E-state index contributed by atoms with van der Waals surface area (Å²) >= 11 is 0. The van der Waals surface area contributed by atoms with Crippen molar-refractivity contribution in [3.05, 3.63) is 76.2 Å². The van der Waals surface area contributed by atoms with E-state index in [9.17, 15) is 9.59 Å². The van der Waals surface area contributed by atoms with Crippen molar-refractivity contribution in [1.82, 2.24) is 19.9 Å². The van der Waals surface area contributed by atoms with Crippen molar-refractivity contribution in [1.29, 1.82) is 0 Å². The predicted molar refractivity (Wildman–Crippen MR) is 113 cm³/mol. The molecule has 0 bridgehead atoms. The number of nitrogens with one attached hydrogen (secondary N) is 3. The third-order valence-corrected chi connectivity index (χ3v) is 5.51. The van der Waals surface area contributed by atoms with E-state index in [-0.39, 0.29) is 17.4 Å². The molecule has 146 valence electrons. The second kappa shape index (κ2) is 7.18. The maximum absolute atomic E-state index is 12.7. The second-order valence-corrected chi connectivity index (χ2v) is 7.36. The van der Waals surface area contributed by atoms with Gasteiger partial charge in [0.25, 0.3) is 11.5 Å². The van der Waals surface area contributed by atoms with Crippen LogP contribution in [0.3, 0.4) is 0 Å². The summed E-state index contributed by atoms with van der Waals surface area (Å²) in [6.07, 6.45) is 1.93. The number of hydrogen-bond donors (Lipinski definition) is 3. The first-order valence-electron chi connectivity index (χ1n) is 9.82. The van der Waals surface area contributed by atoms with Crippen LogP contribution in [0, 0.1) is 0 Å². The molecule has 7 heteroatoms. The lowest BCUT2D eigenvalue weighted by Gasteiger charge is -2.23. The summed E-state index contributed by atoms with van der Waals surface area (Å²) in [6.45, 7) is 1.86. The van der Waals surface area contributed by atoms with E-state index in [1.807, 2.05) is 40.9 Å². The zero-order valence-electron chi connectivity index (χ0n) is 15.8. The van der Waals surface area contributed by atoms with Crippen LogP contribution in [0.5, 0.6) is 0 Å². The largest absolute Gasteiger partial charge is 0.321 e. The smallest absolute Gasteiger partial charge is 0.255 e. The first kappa shape index (κ1) is 17.6. The highest BCUT2D eigenvalue weighted by Gasteiger charge is 2.22. The van der Waals surface area contributed by atoms with E-state index in [0.717, 1.165) is 42.5 Å². The number of aromatic amines is 1. The second-order valence-electron chi connectivity index (χ2n) is 7.36. The number of rotatable bonds is 3. The van der Waals surface area contributed by atoms with Gasteiger partial charge in [-0.05, 0) is 50.2 Å². The Balaban J connectivity index is 1.65. The normalized spacial score (nSPS) is 15.0. The van der Waals surface area contributed by atoms with E-state index in [4.69, 9.17) is 5.10 Å². The molecule has 1 aliphatic heterocycles. The number of hydrogen-bond acceptors (Lipinski definition) is 4. The number of benzene rings is 2. The molecule has 1 fully saturated rings. The molecule has 1 amide bonds. The van der Waals surface area contributed by atoms with Gasteiger partial charge < -0.3 is 15.6 Å². The molecule has 3 N–H and O–H groups in total. The summed E-state index contributed by atoms with van der Waals surface area (Å²) in [5, 5.41) is 11.8. The minimum atomic E-state index is -0.200. The van der Waals surface area contributed by atoms with Gasteiger partial charge in [-0.3, -0.25) is 9.59 Å². The number of nitrogens with zero attached hydrogens (tertiary/aromatic N) is 2. The van der Waals surface area contributed by atoms with Crippen LogP contribution in [0.25, 0.3) is 16.6 Å². The van der Waals surface area contributed by atoms with Crippen molar-refractivity contribution >= 4 is 28.1 Å². The average molecular weight is 387 g/mol. The average Bonchev–Trinajstić information content (AvgIpc) is 3.14. The Morgan fingerprint density at radius 3 is 2.66 bits per heavy atom. The summed E-state index contributed by atoms with van der Waals surface area (Å²) in [6, 6.07) is 16.3. The van der Waals surface area contributed by atoms with Gasteiger partial charge in [0.1, 0.15) is 5.65 Å². The highest BCUT2D eigenvalue weighted by Crippen LogP contribution is 2.30. The van der Waals surface area contributed by atoms with Crippen LogP contribution in [0.1, 0.15) is 34.8 Å². The van der Waals surface area contributed by atoms with E-state index in [1.165, 1.54) is 0 Å². The van der Waals surface area contributed by atoms with Crippen LogP contribution in [0.15, 0.2) is 59.4 Å². The fourth-order valence-corrected chi connectivity index (χ4v) is 4.08. The van der Waals surface area contributed by atoms with E-state index >= 15 is 0 Å². The van der Waals surface area contributed by atoms with Crippen LogP contribution in [0.2, 0.25) is 0 Å². The van der Waals surface area contributed by atoms with Crippen molar-refractivity contribution < 1.29 is 4.79 Å². The number of carbonyl (C=O) groups is 1. The van der Waals surface area contributed by atoms with Gasteiger partial charge >= 0.3 is 0 Å². The van der Waals surface area contributed by atoms with E-state index in [2.05, 4.69) is 15.6 Å². The third-order valence-electron chi connectivity index (χ3n) is 5.51. The number of piperidine rings is 1. The molecule has 0 saturated carbocycles. The van der Waals surface area contributed by atoms with Gasteiger partial charge in [-0.1, -0.05) is 24.3 Å². The molecule has 2 aromatic heterocycles. The molecule has 5 rings (SSSR count). The first-order chi connectivity index (χ1) is 14.2. The predicted octanol–water partition coefficient (Wildman–Crippen LogP) is 2.90. The Kier molecular flexibility index (Phi) is 4.37.